The third-order valence-corrected chi connectivity index (χ3v) is 3.73. The zero-order valence-electron chi connectivity index (χ0n) is 13.7. The first-order valence-electron chi connectivity index (χ1n) is 7.21. The van der Waals surface area contributed by atoms with E-state index in [1.807, 2.05) is 26.0 Å². The molecule has 1 aromatic carbocycles. The number of amides is 2. The summed E-state index contributed by atoms with van der Waals surface area (Å²) in [4.78, 5) is 21.8. The van der Waals surface area contributed by atoms with Gasteiger partial charge in [0, 0.05) is 17.0 Å². The first kappa shape index (κ1) is 16.5. The molecular formula is C17H20N4O2. The third-order valence-electron chi connectivity index (χ3n) is 3.73. The lowest BCUT2D eigenvalue weighted by Crippen LogP contribution is -2.32. The van der Waals surface area contributed by atoms with Crippen molar-refractivity contribution in [1.82, 2.24) is 9.99 Å². The van der Waals surface area contributed by atoms with Gasteiger partial charge in [0.05, 0.1) is 11.9 Å². The van der Waals surface area contributed by atoms with E-state index < -0.39 is 11.8 Å². The van der Waals surface area contributed by atoms with Gasteiger partial charge in [-0.15, -0.1) is 0 Å². The summed E-state index contributed by atoms with van der Waals surface area (Å²) < 4.78 is 2.15. The molecule has 0 atom stereocenters. The zero-order valence-corrected chi connectivity index (χ0v) is 13.7. The Hall–Kier alpha value is -2.89. The van der Waals surface area contributed by atoms with Gasteiger partial charge in [0.15, 0.2) is 0 Å². The Kier molecular flexibility index (Phi) is 4.64. The van der Waals surface area contributed by atoms with Crippen molar-refractivity contribution < 1.29 is 9.59 Å². The number of nitrogens with two attached hydrogens (primary N) is 1. The number of benzene rings is 1. The predicted molar refractivity (Wildman–Crippen MR) is 89.6 cm³/mol. The number of nitrogens with zero attached hydrogens (tertiary/aromatic N) is 2. The van der Waals surface area contributed by atoms with Crippen molar-refractivity contribution in [2.75, 3.05) is 0 Å². The summed E-state index contributed by atoms with van der Waals surface area (Å²) in [6.07, 6.45) is 1.51. The molecule has 0 bridgehead atoms. The van der Waals surface area contributed by atoms with Crippen LogP contribution in [0.25, 0.3) is 5.69 Å². The molecule has 23 heavy (non-hydrogen) atoms. The monoisotopic (exact) mass is 312 g/mol. The largest absolute Gasteiger partial charge is 0.361 e. The third kappa shape index (κ3) is 3.31. The first-order chi connectivity index (χ1) is 10.8. The maximum absolute atomic E-state index is 11.1. The van der Waals surface area contributed by atoms with Crippen LogP contribution in [0.3, 0.4) is 0 Å². The maximum Gasteiger partial charge on any atom is 0.329 e. The minimum absolute atomic E-state index is 0.856. The Morgan fingerprint density at radius 2 is 1.78 bits per heavy atom. The van der Waals surface area contributed by atoms with Crippen LogP contribution in [-0.2, 0) is 9.59 Å². The smallest absolute Gasteiger partial charge is 0.329 e. The topological polar surface area (TPSA) is 89.5 Å². The van der Waals surface area contributed by atoms with Crippen LogP contribution < -0.4 is 11.2 Å². The first-order valence-corrected chi connectivity index (χ1v) is 7.21. The Morgan fingerprint density at radius 3 is 2.35 bits per heavy atom. The van der Waals surface area contributed by atoms with Crippen LogP contribution in [0.1, 0.15) is 28.1 Å². The molecular weight excluding hydrogens is 292 g/mol. The molecule has 0 saturated heterocycles. The number of nitrogens with one attached hydrogen (secondary N) is 1. The second-order valence-electron chi connectivity index (χ2n) is 5.47. The molecule has 1 heterocycles. The van der Waals surface area contributed by atoms with Crippen molar-refractivity contribution in [1.29, 1.82) is 0 Å². The fraction of sp³-hybridized carbons (Fsp3) is 0.235. The summed E-state index contributed by atoms with van der Waals surface area (Å²) in [5, 5.41) is 3.78. The average Bonchev–Trinajstić information content (AvgIpc) is 2.74. The molecule has 0 spiro atoms. The van der Waals surface area contributed by atoms with Crippen LogP contribution >= 0.6 is 0 Å². The van der Waals surface area contributed by atoms with E-state index in [-0.39, 0.29) is 0 Å². The van der Waals surface area contributed by atoms with Crippen molar-refractivity contribution in [3.8, 4) is 5.69 Å². The van der Waals surface area contributed by atoms with E-state index in [0.717, 1.165) is 22.6 Å². The number of aromatic nitrogens is 1. The van der Waals surface area contributed by atoms with Crippen LogP contribution in [0.15, 0.2) is 29.4 Å². The lowest BCUT2D eigenvalue weighted by atomic mass is 10.1. The van der Waals surface area contributed by atoms with Crippen LogP contribution in [0.2, 0.25) is 0 Å². The highest BCUT2D eigenvalue weighted by Crippen LogP contribution is 2.25. The number of carbonyl (C=O) groups excluding carboxylic acids is 2. The van der Waals surface area contributed by atoms with Gasteiger partial charge in [0.2, 0.25) is 0 Å². The molecule has 0 fully saturated rings. The van der Waals surface area contributed by atoms with E-state index in [2.05, 4.69) is 41.1 Å². The number of hydrogen-bond donors (Lipinski definition) is 2. The highest BCUT2D eigenvalue weighted by Gasteiger charge is 2.13. The van der Waals surface area contributed by atoms with Crippen LogP contribution in [-0.4, -0.2) is 22.6 Å². The molecule has 0 unspecified atom stereocenters. The maximum atomic E-state index is 11.1. The van der Waals surface area contributed by atoms with Gasteiger partial charge < -0.3 is 10.3 Å². The van der Waals surface area contributed by atoms with E-state index in [9.17, 15) is 9.59 Å². The standard InChI is InChI=1S/C17H20N4O2/c1-10-6-5-7-11(2)15(10)21-12(3)8-14(13(21)4)9-19-20-17(23)16(18)22/h5-9H,1-4H3,(H2,18,22)(H,20,23)/b19-9-. The van der Waals surface area contributed by atoms with Gasteiger partial charge in [-0.1, -0.05) is 18.2 Å². The number of para-hydroxylation sites is 1. The lowest BCUT2D eigenvalue weighted by Gasteiger charge is -2.15. The molecule has 2 amide bonds. The molecule has 0 radical (unpaired) electrons. The Balaban J connectivity index is 2.39. The number of rotatable bonds is 3. The molecule has 0 saturated carbocycles. The molecule has 6 nitrogen and oxygen atoms in total. The second kappa shape index (κ2) is 6.48. The van der Waals surface area contributed by atoms with Gasteiger partial charge >= 0.3 is 11.8 Å². The minimum atomic E-state index is -1.07. The van der Waals surface area contributed by atoms with E-state index in [0.29, 0.717) is 0 Å². The summed E-state index contributed by atoms with van der Waals surface area (Å²) in [7, 11) is 0. The van der Waals surface area contributed by atoms with Crippen molar-refractivity contribution in [3.63, 3.8) is 0 Å². The Labute approximate surface area is 135 Å². The normalized spacial score (nSPS) is 11.0. The van der Waals surface area contributed by atoms with E-state index in [4.69, 9.17) is 5.73 Å². The van der Waals surface area contributed by atoms with Crippen molar-refractivity contribution in [2.24, 2.45) is 10.8 Å². The minimum Gasteiger partial charge on any atom is -0.361 e. The molecule has 0 aliphatic heterocycles. The highest BCUT2D eigenvalue weighted by atomic mass is 16.2. The molecule has 2 rings (SSSR count). The molecule has 0 aliphatic rings. The van der Waals surface area contributed by atoms with Crippen molar-refractivity contribution in [3.05, 3.63) is 52.3 Å². The Morgan fingerprint density at radius 1 is 1.17 bits per heavy atom. The molecule has 0 aliphatic carbocycles. The average molecular weight is 312 g/mol. The fourth-order valence-corrected chi connectivity index (χ4v) is 2.64. The lowest BCUT2D eigenvalue weighted by molar-refractivity contribution is -0.137. The van der Waals surface area contributed by atoms with Crippen molar-refractivity contribution >= 4 is 18.0 Å². The van der Waals surface area contributed by atoms with E-state index in [1.54, 1.807) is 0 Å². The summed E-state index contributed by atoms with van der Waals surface area (Å²) in [6.45, 7) is 8.14. The Bertz CT molecular complexity index is 783. The van der Waals surface area contributed by atoms with E-state index >= 15 is 0 Å². The number of hydrazone groups is 1. The van der Waals surface area contributed by atoms with Gasteiger partial charge in [-0.05, 0) is 44.9 Å². The predicted octanol–water partition coefficient (Wildman–Crippen LogP) is 1.65. The van der Waals surface area contributed by atoms with Crippen LogP contribution in [0, 0.1) is 27.7 Å². The quantitative estimate of drug-likeness (QED) is 0.512. The van der Waals surface area contributed by atoms with E-state index in [1.165, 1.54) is 17.3 Å². The van der Waals surface area contributed by atoms with Gasteiger partial charge in [-0.25, -0.2) is 5.43 Å². The molecule has 6 heteroatoms. The van der Waals surface area contributed by atoms with Gasteiger partial charge in [0.1, 0.15) is 0 Å². The van der Waals surface area contributed by atoms with Crippen LogP contribution in [0.5, 0.6) is 0 Å². The molecule has 3 N–H and O–H groups in total. The molecule has 1 aromatic heterocycles. The zero-order chi connectivity index (χ0) is 17.1. The summed E-state index contributed by atoms with van der Waals surface area (Å²) >= 11 is 0. The summed E-state index contributed by atoms with van der Waals surface area (Å²) in [5.41, 5.74) is 13.4. The van der Waals surface area contributed by atoms with Gasteiger partial charge in [-0.3, -0.25) is 9.59 Å². The number of hydrogen-bond acceptors (Lipinski definition) is 3. The van der Waals surface area contributed by atoms with Crippen LogP contribution in [0.4, 0.5) is 0 Å². The number of aryl methyl sites for hydroxylation is 3. The van der Waals surface area contributed by atoms with Crippen molar-refractivity contribution in [2.45, 2.75) is 27.7 Å². The number of primary amides is 1. The number of carbonyl (C=O) groups is 2. The summed E-state index contributed by atoms with van der Waals surface area (Å²) in [6, 6.07) is 8.15. The van der Waals surface area contributed by atoms with Gasteiger partial charge in [0.25, 0.3) is 0 Å². The fourth-order valence-electron chi connectivity index (χ4n) is 2.64. The SMILES string of the molecule is Cc1cccc(C)c1-n1c(C)cc(/C=N\NC(=O)C(N)=O)c1C. The molecule has 2 aromatic rings. The highest BCUT2D eigenvalue weighted by molar-refractivity contribution is 6.34. The summed E-state index contributed by atoms with van der Waals surface area (Å²) in [5.74, 6) is -2.01. The molecule has 120 valence electrons. The van der Waals surface area contributed by atoms with Gasteiger partial charge in [-0.2, -0.15) is 5.10 Å². The second-order valence-corrected chi connectivity index (χ2v) is 5.47.